The van der Waals surface area contributed by atoms with E-state index in [1.165, 1.54) is 38.3 Å². The van der Waals surface area contributed by atoms with Crippen molar-refractivity contribution in [3.8, 4) is 39.1 Å². The highest BCUT2D eigenvalue weighted by Gasteiger charge is 2.19. The quantitative estimate of drug-likeness (QED) is 0.161. The Balaban J connectivity index is 0.966. The first-order valence-electron chi connectivity index (χ1n) is 20.8. The highest BCUT2D eigenvalue weighted by molar-refractivity contribution is 6.15. The van der Waals surface area contributed by atoms with Crippen LogP contribution in [0.2, 0.25) is 0 Å². The summed E-state index contributed by atoms with van der Waals surface area (Å²) in [7, 11) is 0. The first kappa shape index (κ1) is 34.9. The lowest BCUT2D eigenvalue weighted by molar-refractivity contribution is 0.672. The van der Waals surface area contributed by atoms with Gasteiger partial charge in [0.2, 0.25) is 0 Å². The number of furan rings is 1. The SMILES string of the molecule is c1ccc(-c2ccccc2N(c2ccc(-c3cccc(-n4c5ccccc5c5ccccc54)c3)cc2)c2cccc(-c3ccc4oc5c6ccccc6ccc5c4c3)c2)cc1. The highest BCUT2D eigenvalue weighted by Crippen LogP contribution is 2.43. The summed E-state index contributed by atoms with van der Waals surface area (Å²) in [6, 6.07) is 82.9. The van der Waals surface area contributed by atoms with Crippen molar-refractivity contribution in [2.75, 3.05) is 4.90 Å². The van der Waals surface area contributed by atoms with Gasteiger partial charge in [0.15, 0.2) is 0 Å². The summed E-state index contributed by atoms with van der Waals surface area (Å²) in [6.45, 7) is 0. The van der Waals surface area contributed by atoms with Gasteiger partial charge in [-0.15, -0.1) is 0 Å². The number of aromatic nitrogens is 1. The molecule has 0 radical (unpaired) electrons. The Hall–Kier alpha value is -8.14. The van der Waals surface area contributed by atoms with E-state index < -0.39 is 0 Å². The third-order valence-corrected chi connectivity index (χ3v) is 12.2. The van der Waals surface area contributed by atoms with Crippen LogP contribution >= 0.6 is 0 Å². The van der Waals surface area contributed by atoms with E-state index in [9.17, 15) is 0 Å². The second kappa shape index (κ2) is 14.3. The van der Waals surface area contributed by atoms with Gasteiger partial charge >= 0.3 is 0 Å². The fourth-order valence-electron chi connectivity index (χ4n) is 9.29. The van der Waals surface area contributed by atoms with Crippen LogP contribution in [0.5, 0.6) is 0 Å². The summed E-state index contributed by atoms with van der Waals surface area (Å²) in [4.78, 5) is 2.39. The molecule has 3 heteroatoms. The molecule has 0 aliphatic heterocycles. The zero-order valence-corrected chi connectivity index (χ0v) is 33.2. The summed E-state index contributed by atoms with van der Waals surface area (Å²) in [5, 5.41) is 7.08. The molecule has 0 spiro atoms. The monoisotopic (exact) mass is 778 g/mol. The minimum atomic E-state index is 0.894. The smallest absolute Gasteiger partial charge is 0.143 e. The molecule has 61 heavy (non-hydrogen) atoms. The Morgan fingerprint density at radius 2 is 0.967 bits per heavy atom. The Bertz CT molecular complexity index is 3540. The van der Waals surface area contributed by atoms with Gasteiger partial charge in [-0.25, -0.2) is 0 Å². The second-order valence-corrected chi connectivity index (χ2v) is 15.7. The van der Waals surface area contributed by atoms with Crippen LogP contribution < -0.4 is 4.90 Å². The third-order valence-electron chi connectivity index (χ3n) is 12.2. The van der Waals surface area contributed by atoms with Crippen LogP contribution in [-0.4, -0.2) is 4.57 Å². The maximum atomic E-state index is 6.48. The van der Waals surface area contributed by atoms with Gasteiger partial charge in [0.1, 0.15) is 11.2 Å². The number of anilines is 3. The largest absolute Gasteiger partial charge is 0.455 e. The van der Waals surface area contributed by atoms with Crippen molar-refractivity contribution in [2.45, 2.75) is 0 Å². The van der Waals surface area contributed by atoms with E-state index in [1.54, 1.807) is 0 Å². The normalized spacial score (nSPS) is 11.6. The summed E-state index contributed by atoms with van der Waals surface area (Å²) in [5.41, 5.74) is 15.6. The van der Waals surface area contributed by atoms with E-state index in [0.29, 0.717) is 0 Å². The van der Waals surface area contributed by atoms with Gasteiger partial charge in [-0.1, -0.05) is 158 Å². The molecule has 12 rings (SSSR count). The molecule has 0 amide bonds. The van der Waals surface area contributed by atoms with E-state index >= 15 is 0 Å². The molecule has 0 atom stereocenters. The lowest BCUT2D eigenvalue weighted by Gasteiger charge is -2.28. The number of hydrogen-bond donors (Lipinski definition) is 0. The van der Waals surface area contributed by atoms with Crippen LogP contribution in [0, 0.1) is 0 Å². The van der Waals surface area contributed by atoms with Crippen molar-refractivity contribution in [1.29, 1.82) is 0 Å². The molecule has 0 saturated carbocycles. The number of rotatable bonds is 7. The number of hydrogen-bond acceptors (Lipinski definition) is 2. The molecule has 10 aromatic carbocycles. The van der Waals surface area contributed by atoms with Crippen molar-refractivity contribution in [3.63, 3.8) is 0 Å². The summed E-state index contributed by atoms with van der Waals surface area (Å²) in [6.07, 6.45) is 0. The summed E-state index contributed by atoms with van der Waals surface area (Å²) < 4.78 is 8.86. The molecule has 286 valence electrons. The van der Waals surface area contributed by atoms with E-state index in [-0.39, 0.29) is 0 Å². The molecule has 0 aliphatic carbocycles. The van der Waals surface area contributed by atoms with Crippen molar-refractivity contribution < 1.29 is 4.42 Å². The molecular weight excluding hydrogens is 741 g/mol. The predicted octanol–water partition coefficient (Wildman–Crippen LogP) is 16.3. The lowest BCUT2D eigenvalue weighted by Crippen LogP contribution is -2.11. The Morgan fingerprint density at radius 1 is 0.344 bits per heavy atom. The van der Waals surface area contributed by atoms with Crippen LogP contribution in [0.15, 0.2) is 235 Å². The first-order chi connectivity index (χ1) is 30.2. The van der Waals surface area contributed by atoms with Gasteiger partial charge in [0.05, 0.1) is 16.7 Å². The van der Waals surface area contributed by atoms with Gasteiger partial charge in [-0.2, -0.15) is 0 Å². The molecule has 2 aromatic heterocycles. The van der Waals surface area contributed by atoms with E-state index in [0.717, 1.165) is 72.3 Å². The topological polar surface area (TPSA) is 21.3 Å². The van der Waals surface area contributed by atoms with Crippen LogP contribution in [0.25, 0.3) is 93.6 Å². The maximum Gasteiger partial charge on any atom is 0.143 e. The number of para-hydroxylation sites is 3. The van der Waals surface area contributed by atoms with E-state index in [1.807, 2.05) is 0 Å². The van der Waals surface area contributed by atoms with E-state index in [4.69, 9.17) is 4.42 Å². The second-order valence-electron chi connectivity index (χ2n) is 15.7. The Kier molecular flexibility index (Phi) is 8.17. The first-order valence-corrected chi connectivity index (χ1v) is 20.8. The van der Waals surface area contributed by atoms with Crippen molar-refractivity contribution >= 4 is 71.6 Å². The zero-order valence-electron chi connectivity index (χ0n) is 33.2. The van der Waals surface area contributed by atoms with Crippen LogP contribution in [-0.2, 0) is 0 Å². The minimum Gasteiger partial charge on any atom is -0.455 e. The fourth-order valence-corrected chi connectivity index (χ4v) is 9.29. The molecule has 0 bridgehead atoms. The van der Waals surface area contributed by atoms with Gasteiger partial charge in [-0.3, -0.25) is 0 Å². The number of benzene rings is 10. The van der Waals surface area contributed by atoms with Crippen LogP contribution in [0.1, 0.15) is 0 Å². The Labute approximate surface area is 353 Å². The molecule has 0 N–H and O–H groups in total. The zero-order chi connectivity index (χ0) is 40.3. The van der Waals surface area contributed by atoms with Gasteiger partial charge in [0.25, 0.3) is 0 Å². The van der Waals surface area contributed by atoms with Gasteiger partial charge in [-0.05, 0) is 106 Å². The molecule has 0 saturated heterocycles. The van der Waals surface area contributed by atoms with Crippen LogP contribution in [0.4, 0.5) is 17.1 Å². The van der Waals surface area contributed by atoms with E-state index in [2.05, 4.69) is 240 Å². The fraction of sp³-hybridized carbons (Fsp3) is 0. The minimum absolute atomic E-state index is 0.894. The number of fused-ring (bicyclic) bond motifs is 8. The molecule has 2 heterocycles. The molecule has 0 aliphatic rings. The third kappa shape index (κ3) is 5.90. The van der Waals surface area contributed by atoms with Crippen molar-refractivity contribution in [2.24, 2.45) is 0 Å². The molecule has 0 fully saturated rings. The molecule has 3 nitrogen and oxygen atoms in total. The van der Waals surface area contributed by atoms with Gasteiger partial charge < -0.3 is 13.9 Å². The molecule has 0 unspecified atom stereocenters. The van der Waals surface area contributed by atoms with Crippen LogP contribution in [0.3, 0.4) is 0 Å². The van der Waals surface area contributed by atoms with Crippen molar-refractivity contribution in [1.82, 2.24) is 4.57 Å². The summed E-state index contributed by atoms with van der Waals surface area (Å²) in [5.74, 6) is 0. The lowest BCUT2D eigenvalue weighted by atomic mass is 9.99. The number of nitrogens with zero attached hydrogens (tertiary/aromatic N) is 2. The maximum absolute atomic E-state index is 6.48. The summed E-state index contributed by atoms with van der Waals surface area (Å²) >= 11 is 0. The highest BCUT2D eigenvalue weighted by atomic mass is 16.3. The molecular formula is C58H38N2O. The Morgan fingerprint density at radius 3 is 1.77 bits per heavy atom. The average Bonchev–Trinajstić information content (AvgIpc) is 3.88. The average molecular weight is 779 g/mol. The predicted molar refractivity (Wildman–Crippen MR) is 257 cm³/mol. The van der Waals surface area contributed by atoms with Crippen molar-refractivity contribution in [3.05, 3.63) is 231 Å². The standard InChI is InChI=1S/C58H38N2O/c1-2-14-40(15-3-1)48-21-6-9-25-54(48)59(46-19-13-18-43(37-46)44-31-35-57-53(38-44)52-34-30-41-16-4-5-22-49(41)58(52)61-57)45-32-28-39(29-33-45)42-17-12-20-47(36-42)60-55-26-10-7-23-50(55)51-24-8-11-27-56(51)60/h1-38H. The molecule has 12 aromatic rings. The van der Waals surface area contributed by atoms with Gasteiger partial charge in [0, 0.05) is 49.6 Å².